The number of carbonyl (C=O) groups is 9. The zero-order valence-electron chi connectivity index (χ0n) is 41.4. The van der Waals surface area contributed by atoms with Gasteiger partial charge in [-0.2, -0.15) is 0 Å². The van der Waals surface area contributed by atoms with E-state index in [1.54, 1.807) is 44.2 Å². The molecular weight excluding hydrogens is 907 g/mol. The van der Waals surface area contributed by atoms with E-state index in [9.17, 15) is 48.3 Å². The number of hydrogen-bond acceptors (Lipinski definition) is 12. The second-order valence-electron chi connectivity index (χ2n) is 18.4. The summed E-state index contributed by atoms with van der Waals surface area (Å²) >= 11 is 0. The Morgan fingerprint density at radius 2 is 1.17 bits per heavy atom. The average Bonchev–Trinajstić information content (AvgIpc) is 3.81. The van der Waals surface area contributed by atoms with Crippen molar-refractivity contribution in [3.8, 4) is 0 Å². The molecule has 7 atom stereocenters. The van der Waals surface area contributed by atoms with Crippen LogP contribution in [0, 0.1) is 11.8 Å². The quantitative estimate of drug-likeness (QED) is 0.0219. The van der Waals surface area contributed by atoms with Crippen LogP contribution in [0.15, 0.2) is 35.3 Å². The van der Waals surface area contributed by atoms with E-state index >= 15 is 0 Å². The topological polar surface area (TPSA) is 378 Å². The van der Waals surface area contributed by atoms with Gasteiger partial charge in [-0.1, -0.05) is 58.0 Å². The van der Waals surface area contributed by atoms with Gasteiger partial charge < -0.3 is 70.2 Å². The predicted octanol–water partition coefficient (Wildman–Crippen LogP) is -1.64. The number of rotatable bonds is 32. The standard InChI is InChI=1S/C47H79N13O10/c1-28(2)25-35(44(68)58-36(40(64)53-27-38(62)63)26-31-15-7-6-8-16-31)57-43(67)32(17-9-11-21-48)54-42(66)34(19-13-23-52-47(50)51)55-41(65)33(18-10-12-22-49)56-46(70)39(29(3)4)59-45(69)37-20-14-24-60(37)30(5)61/h6-8,15-16,28-29,32-37,39H,9-14,17-27,48-49H2,1-5H3,(H,53,64)(H,54,66)(H,55,65)(H,56,70)(H,57,67)(H,58,68)(H,59,69)(H,62,63)(H4,50,51,52)/t32-,33-,34-,35-,36+,37-,39-/m0/s1. The summed E-state index contributed by atoms with van der Waals surface area (Å²) in [5, 5.41) is 27.9. The van der Waals surface area contributed by atoms with Crippen LogP contribution in [0.2, 0.25) is 0 Å². The third kappa shape index (κ3) is 21.9. The summed E-state index contributed by atoms with van der Waals surface area (Å²) < 4.78 is 0. The highest BCUT2D eigenvalue weighted by molar-refractivity contribution is 5.98. The third-order valence-corrected chi connectivity index (χ3v) is 11.6. The lowest BCUT2D eigenvalue weighted by Gasteiger charge is -2.29. The molecule has 16 N–H and O–H groups in total. The molecule has 23 nitrogen and oxygen atoms in total. The summed E-state index contributed by atoms with van der Waals surface area (Å²) in [6, 6.07) is 0.799. The molecule has 23 heteroatoms. The lowest BCUT2D eigenvalue weighted by Crippen LogP contribution is -2.60. The van der Waals surface area contributed by atoms with E-state index in [4.69, 9.17) is 22.9 Å². The molecule has 0 spiro atoms. The van der Waals surface area contributed by atoms with Gasteiger partial charge in [-0.05, 0) is 101 Å². The molecule has 70 heavy (non-hydrogen) atoms. The normalized spacial score (nSPS) is 15.8. The molecule has 1 fully saturated rings. The number of nitrogens with two attached hydrogens (primary N) is 4. The van der Waals surface area contributed by atoms with Gasteiger partial charge in [0.15, 0.2) is 5.96 Å². The second-order valence-corrected chi connectivity index (χ2v) is 18.4. The Balaban J connectivity index is 2.42. The van der Waals surface area contributed by atoms with E-state index < -0.39 is 102 Å². The fraction of sp³-hybridized carbons (Fsp3) is 0.660. The summed E-state index contributed by atoms with van der Waals surface area (Å²) in [7, 11) is 0. The Kier molecular flexibility index (Phi) is 27.1. The number of aliphatic carboxylic acids is 1. The Hall–Kier alpha value is -6.36. The molecule has 0 aliphatic carbocycles. The monoisotopic (exact) mass is 986 g/mol. The van der Waals surface area contributed by atoms with Gasteiger partial charge in [0.25, 0.3) is 0 Å². The molecule has 1 aromatic rings. The van der Waals surface area contributed by atoms with Gasteiger partial charge in [-0.25, -0.2) is 0 Å². The van der Waals surface area contributed by atoms with Crippen molar-refractivity contribution in [1.82, 2.24) is 42.1 Å². The molecular formula is C47H79N13O10. The maximum absolute atomic E-state index is 14.3. The first-order valence-corrected chi connectivity index (χ1v) is 24.3. The number of unbranched alkanes of at least 4 members (excludes halogenated alkanes) is 2. The first-order chi connectivity index (χ1) is 33.2. The maximum Gasteiger partial charge on any atom is 0.322 e. The number of guanidine groups is 1. The summed E-state index contributed by atoms with van der Waals surface area (Å²) in [6.45, 7) is 8.90. The molecule has 392 valence electrons. The number of aliphatic imine (C=N–C) groups is 1. The van der Waals surface area contributed by atoms with Gasteiger partial charge in [0.2, 0.25) is 47.3 Å². The zero-order chi connectivity index (χ0) is 52.3. The minimum Gasteiger partial charge on any atom is -0.480 e. The number of hydrogen-bond donors (Lipinski definition) is 12. The van der Waals surface area contributed by atoms with Gasteiger partial charge in [0.05, 0.1) is 0 Å². The van der Waals surface area contributed by atoms with Crippen molar-refractivity contribution in [2.75, 3.05) is 32.7 Å². The molecule has 0 unspecified atom stereocenters. The number of carboxylic acids is 1. The Labute approximate surface area is 410 Å². The van der Waals surface area contributed by atoms with Gasteiger partial charge in [-0.3, -0.25) is 48.1 Å². The molecule has 1 aliphatic heterocycles. The lowest BCUT2D eigenvalue weighted by atomic mass is 10.00. The molecule has 0 bridgehead atoms. The molecule has 1 saturated heterocycles. The number of carbonyl (C=O) groups excluding carboxylic acids is 8. The van der Waals surface area contributed by atoms with Crippen LogP contribution in [0.1, 0.15) is 111 Å². The first-order valence-electron chi connectivity index (χ1n) is 24.3. The van der Waals surface area contributed by atoms with E-state index in [1.807, 2.05) is 13.8 Å². The van der Waals surface area contributed by atoms with E-state index in [1.165, 1.54) is 11.8 Å². The van der Waals surface area contributed by atoms with E-state index in [0.29, 0.717) is 57.2 Å². The SMILES string of the molecule is CC(=O)N1CCC[C@H]1C(=O)N[C@H](C(=O)N[C@@H](CCCCN)C(=O)N[C@@H](CCCN=C(N)N)C(=O)N[C@@H](CCCCN)C(=O)N[C@@H](CC(C)C)C(=O)N[C@H](Cc1ccccc1)C(=O)NCC(=O)O)C(C)C. The number of carboxylic acid groups (broad SMARTS) is 1. The summed E-state index contributed by atoms with van der Waals surface area (Å²) in [5.74, 6) is -7.13. The van der Waals surface area contributed by atoms with Crippen molar-refractivity contribution in [2.45, 2.75) is 154 Å². The van der Waals surface area contributed by atoms with Crippen LogP contribution in [-0.2, 0) is 49.6 Å². The van der Waals surface area contributed by atoms with E-state index in [-0.39, 0.29) is 69.4 Å². The zero-order valence-corrected chi connectivity index (χ0v) is 41.4. The van der Waals surface area contributed by atoms with Crippen LogP contribution in [0.5, 0.6) is 0 Å². The molecule has 8 amide bonds. The summed E-state index contributed by atoms with van der Waals surface area (Å²) in [4.78, 5) is 126. The number of nitrogens with one attached hydrogen (secondary N) is 7. The van der Waals surface area contributed by atoms with Crippen LogP contribution in [-0.4, -0.2) is 144 Å². The van der Waals surface area contributed by atoms with E-state index in [2.05, 4.69) is 42.2 Å². The third-order valence-electron chi connectivity index (χ3n) is 11.6. The van der Waals surface area contributed by atoms with Crippen LogP contribution >= 0.6 is 0 Å². The van der Waals surface area contributed by atoms with Crippen LogP contribution < -0.4 is 60.2 Å². The maximum atomic E-state index is 14.3. The highest BCUT2D eigenvalue weighted by atomic mass is 16.4. The number of likely N-dealkylation sites (tertiary alicyclic amines) is 1. The van der Waals surface area contributed by atoms with Crippen molar-refractivity contribution in [3.63, 3.8) is 0 Å². The Morgan fingerprint density at radius 1 is 0.671 bits per heavy atom. The van der Waals surface area contributed by atoms with Crippen molar-refractivity contribution in [1.29, 1.82) is 0 Å². The van der Waals surface area contributed by atoms with Gasteiger partial charge in [0, 0.05) is 26.4 Å². The Morgan fingerprint density at radius 3 is 1.66 bits per heavy atom. The summed E-state index contributed by atoms with van der Waals surface area (Å²) in [6.07, 6.45) is 3.38. The van der Waals surface area contributed by atoms with Crippen LogP contribution in [0.25, 0.3) is 0 Å². The Bertz CT molecular complexity index is 1910. The van der Waals surface area contributed by atoms with Crippen molar-refractivity contribution in [2.24, 2.45) is 39.8 Å². The smallest absolute Gasteiger partial charge is 0.322 e. The predicted molar refractivity (Wildman–Crippen MR) is 263 cm³/mol. The number of amides is 8. The van der Waals surface area contributed by atoms with Gasteiger partial charge in [-0.15, -0.1) is 0 Å². The average molecular weight is 986 g/mol. The largest absolute Gasteiger partial charge is 0.480 e. The minimum absolute atomic E-state index is 0.0151. The number of nitrogens with zero attached hydrogens (tertiary/aromatic N) is 2. The molecule has 1 aromatic carbocycles. The highest BCUT2D eigenvalue weighted by Gasteiger charge is 2.37. The lowest BCUT2D eigenvalue weighted by molar-refractivity contribution is -0.139. The van der Waals surface area contributed by atoms with Crippen LogP contribution in [0.3, 0.4) is 0 Å². The second kappa shape index (κ2) is 31.7. The van der Waals surface area contributed by atoms with Gasteiger partial charge in [0.1, 0.15) is 48.8 Å². The van der Waals surface area contributed by atoms with Crippen LogP contribution in [0.4, 0.5) is 0 Å². The molecule has 2 rings (SSSR count). The molecule has 0 aromatic heterocycles. The van der Waals surface area contributed by atoms with E-state index in [0.717, 1.165) is 0 Å². The molecule has 0 saturated carbocycles. The van der Waals surface area contributed by atoms with Crippen molar-refractivity contribution < 1.29 is 48.3 Å². The van der Waals surface area contributed by atoms with Crippen molar-refractivity contribution >= 4 is 59.2 Å². The highest BCUT2D eigenvalue weighted by Crippen LogP contribution is 2.19. The molecule has 0 radical (unpaired) electrons. The fourth-order valence-electron chi connectivity index (χ4n) is 7.89. The van der Waals surface area contributed by atoms with Crippen molar-refractivity contribution in [3.05, 3.63) is 35.9 Å². The fourth-order valence-corrected chi connectivity index (χ4v) is 7.89. The van der Waals surface area contributed by atoms with Gasteiger partial charge >= 0.3 is 5.97 Å². The minimum atomic E-state index is -1.29. The number of benzene rings is 1. The molecule has 1 aliphatic rings. The molecule has 1 heterocycles. The summed E-state index contributed by atoms with van der Waals surface area (Å²) in [5.41, 5.74) is 23.3. The first kappa shape index (κ1) is 59.8.